The number of nitrogens with zero attached hydrogens (tertiary/aromatic N) is 3. The Labute approximate surface area is 126 Å². The zero-order chi connectivity index (χ0) is 15.5. The fourth-order valence-electron chi connectivity index (χ4n) is 1.60. The van der Waals surface area contributed by atoms with Crippen LogP contribution in [0.3, 0.4) is 0 Å². The smallest absolute Gasteiger partial charge is 0.319 e. The average molecular weight is 299 g/mol. The summed E-state index contributed by atoms with van der Waals surface area (Å²) >= 11 is 1.24. The van der Waals surface area contributed by atoms with E-state index in [0.717, 1.165) is 10.5 Å². The van der Waals surface area contributed by atoms with Crippen LogP contribution in [0.4, 0.5) is 0 Å². The average Bonchev–Trinajstić information content (AvgIpc) is 2.47. The van der Waals surface area contributed by atoms with Crippen LogP contribution in [-0.2, 0) is 4.79 Å². The van der Waals surface area contributed by atoms with Crippen molar-refractivity contribution in [2.75, 3.05) is 0 Å². The molecule has 0 bridgehead atoms. The Morgan fingerprint density at radius 3 is 2.67 bits per heavy atom. The first kappa shape index (κ1) is 15.0. The molecule has 0 amide bonds. The van der Waals surface area contributed by atoms with Crippen molar-refractivity contribution in [2.45, 2.75) is 23.5 Å². The van der Waals surface area contributed by atoms with Crippen LogP contribution in [0.5, 0.6) is 0 Å². The van der Waals surface area contributed by atoms with Crippen molar-refractivity contribution in [1.82, 2.24) is 9.97 Å². The van der Waals surface area contributed by atoms with E-state index >= 15 is 0 Å². The first-order valence-corrected chi connectivity index (χ1v) is 6.98. The number of aromatic nitrogens is 2. The van der Waals surface area contributed by atoms with Crippen LogP contribution in [0.1, 0.15) is 19.4 Å². The summed E-state index contributed by atoms with van der Waals surface area (Å²) < 4.78 is -0.956. The van der Waals surface area contributed by atoms with Gasteiger partial charge in [-0.15, -0.1) is 11.8 Å². The molecule has 0 atom stereocenters. The van der Waals surface area contributed by atoms with Crippen LogP contribution in [0.25, 0.3) is 11.3 Å². The van der Waals surface area contributed by atoms with Crippen LogP contribution in [0.2, 0.25) is 0 Å². The summed E-state index contributed by atoms with van der Waals surface area (Å²) in [7, 11) is 0. The third-order valence-electron chi connectivity index (χ3n) is 2.83. The van der Waals surface area contributed by atoms with Crippen LogP contribution in [-0.4, -0.2) is 25.8 Å². The van der Waals surface area contributed by atoms with Gasteiger partial charge in [-0.2, -0.15) is 5.26 Å². The summed E-state index contributed by atoms with van der Waals surface area (Å²) in [6.45, 7) is 3.30. The minimum Gasteiger partial charge on any atom is -0.480 e. The third kappa shape index (κ3) is 3.38. The molecule has 2 heterocycles. The number of hydrogen-bond donors (Lipinski definition) is 1. The molecule has 0 saturated heterocycles. The van der Waals surface area contributed by atoms with Gasteiger partial charge in [0.2, 0.25) is 0 Å². The molecule has 21 heavy (non-hydrogen) atoms. The Bertz CT molecular complexity index is 706. The largest absolute Gasteiger partial charge is 0.480 e. The molecule has 0 fully saturated rings. The number of rotatable bonds is 4. The van der Waals surface area contributed by atoms with E-state index < -0.39 is 10.7 Å². The molecule has 0 unspecified atom stereocenters. The highest BCUT2D eigenvalue weighted by molar-refractivity contribution is 8.01. The summed E-state index contributed by atoms with van der Waals surface area (Å²) in [5.41, 5.74) is 1.88. The lowest BCUT2D eigenvalue weighted by atomic mass is 10.1. The summed E-state index contributed by atoms with van der Waals surface area (Å²) in [6, 6.07) is 7.18. The molecular weight excluding hydrogens is 286 g/mol. The Kier molecular flexibility index (Phi) is 4.24. The number of pyridine rings is 2. The molecule has 0 spiro atoms. The lowest BCUT2D eigenvalue weighted by Gasteiger charge is -2.19. The van der Waals surface area contributed by atoms with Gasteiger partial charge < -0.3 is 5.11 Å². The van der Waals surface area contributed by atoms with E-state index in [1.165, 1.54) is 18.0 Å². The van der Waals surface area contributed by atoms with Gasteiger partial charge in [0.15, 0.2) is 0 Å². The maximum atomic E-state index is 11.3. The molecule has 2 aromatic heterocycles. The van der Waals surface area contributed by atoms with E-state index in [-0.39, 0.29) is 0 Å². The molecule has 1 N–H and O–H groups in total. The molecule has 0 aliphatic heterocycles. The highest BCUT2D eigenvalue weighted by atomic mass is 32.2. The van der Waals surface area contributed by atoms with E-state index in [0.29, 0.717) is 11.3 Å². The van der Waals surface area contributed by atoms with E-state index in [1.54, 1.807) is 44.4 Å². The van der Waals surface area contributed by atoms with Crippen molar-refractivity contribution in [3.63, 3.8) is 0 Å². The number of thioether (sulfide) groups is 1. The number of aliphatic carboxylic acids is 1. The summed E-state index contributed by atoms with van der Waals surface area (Å²) in [5, 5.41) is 18.0. The van der Waals surface area contributed by atoms with Crippen molar-refractivity contribution >= 4 is 17.7 Å². The maximum absolute atomic E-state index is 11.3. The van der Waals surface area contributed by atoms with Crippen molar-refractivity contribution in [3.05, 3.63) is 42.4 Å². The van der Waals surface area contributed by atoms with E-state index in [2.05, 4.69) is 9.97 Å². The van der Waals surface area contributed by atoms with Crippen molar-refractivity contribution in [2.24, 2.45) is 0 Å². The molecule has 0 radical (unpaired) electrons. The van der Waals surface area contributed by atoms with Crippen LogP contribution < -0.4 is 0 Å². The third-order valence-corrected chi connectivity index (χ3v) is 4.09. The van der Waals surface area contributed by atoms with Crippen molar-refractivity contribution < 1.29 is 9.90 Å². The summed E-state index contributed by atoms with van der Waals surface area (Å²) in [4.78, 5) is 20.4. The zero-order valence-electron chi connectivity index (χ0n) is 11.6. The Balaban J connectivity index is 2.41. The molecule has 6 heteroatoms. The first-order chi connectivity index (χ1) is 9.94. The van der Waals surface area contributed by atoms with Gasteiger partial charge in [0.1, 0.15) is 10.8 Å². The summed E-state index contributed by atoms with van der Waals surface area (Å²) in [6.07, 6.45) is 4.75. The predicted molar refractivity (Wildman–Crippen MR) is 79.8 cm³/mol. The second-order valence-corrected chi connectivity index (χ2v) is 6.50. The van der Waals surface area contributed by atoms with E-state index in [4.69, 9.17) is 5.26 Å². The Morgan fingerprint density at radius 2 is 2.10 bits per heavy atom. The van der Waals surface area contributed by atoms with E-state index in [9.17, 15) is 9.90 Å². The van der Waals surface area contributed by atoms with Crippen molar-refractivity contribution in [3.8, 4) is 17.3 Å². The Morgan fingerprint density at radius 1 is 1.33 bits per heavy atom. The lowest BCUT2D eigenvalue weighted by molar-refractivity contribution is -0.138. The standard InChI is InChI=1S/C15H13N3O2S/c1-15(2,14(19)20)21-13-5-6-17-9-11(13)12-4-3-10(7-16)8-18-12/h3-6,8-9H,1-2H3,(H,19,20). The Hall–Kier alpha value is -2.39. The molecule has 2 rings (SSSR count). The number of carbonyl (C=O) groups is 1. The zero-order valence-corrected chi connectivity index (χ0v) is 12.4. The molecular formula is C15H13N3O2S. The maximum Gasteiger partial charge on any atom is 0.319 e. The quantitative estimate of drug-likeness (QED) is 0.873. The topological polar surface area (TPSA) is 86.9 Å². The fourth-order valence-corrected chi connectivity index (χ4v) is 2.63. The number of nitriles is 1. The van der Waals surface area contributed by atoms with Gasteiger partial charge in [0.25, 0.3) is 0 Å². The van der Waals surface area contributed by atoms with Gasteiger partial charge in [-0.05, 0) is 32.0 Å². The van der Waals surface area contributed by atoms with Gasteiger partial charge in [-0.25, -0.2) is 0 Å². The molecule has 106 valence electrons. The highest BCUT2D eigenvalue weighted by Crippen LogP contribution is 2.37. The monoisotopic (exact) mass is 299 g/mol. The van der Waals surface area contributed by atoms with Crippen molar-refractivity contribution in [1.29, 1.82) is 5.26 Å². The van der Waals surface area contributed by atoms with Gasteiger partial charge in [-0.1, -0.05) is 0 Å². The number of hydrogen-bond acceptors (Lipinski definition) is 5. The van der Waals surface area contributed by atoms with Crippen LogP contribution in [0.15, 0.2) is 41.7 Å². The fraction of sp³-hybridized carbons (Fsp3) is 0.200. The second-order valence-electron chi connectivity index (χ2n) is 4.83. The van der Waals surface area contributed by atoms with Gasteiger partial charge in [0.05, 0.1) is 11.3 Å². The first-order valence-electron chi connectivity index (χ1n) is 6.17. The molecule has 0 aliphatic carbocycles. The molecule has 2 aromatic rings. The molecule has 0 aliphatic rings. The lowest BCUT2D eigenvalue weighted by Crippen LogP contribution is -2.27. The number of carboxylic acid groups (broad SMARTS) is 1. The second kappa shape index (κ2) is 5.94. The summed E-state index contributed by atoms with van der Waals surface area (Å²) in [5.74, 6) is -0.886. The predicted octanol–water partition coefficient (Wildman–Crippen LogP) is 2.97. The molecule has 0 saturated carbocycles. The van der Waals surface area contributed by atoms with Gasteiger partial charge >= 0.3 is 5.97 Å². The van der Waals surface area contributed by atoms with Gasteiger partial charge in [-0.3, -0.25) is 14.8 Å². The highest BCUT2D eigenvalue weighted by Gasteiger charge is 2.29. The minimum absolute atomic E-state index is 0.475. The molecule has 5 nitrogen and oxygen atoms in total. The van der Waals surface area contributed by atoms with Gasteiger partial charge in [0, 0.05) is 29.0 Å². The number of carboxylic acids is 1. The van der Waals surface area contributed by atoms with Crippen LogP contribution in [0, 0.1) is 11.3 Å². The SMILES string of the molecule is CC(C)(Sc1ccncc1-c1ccc(C#N)cn1)C(=O)O. The normalized spacial score (nSPS) is 10.9. The van der Waals surface area contributed by atoms with Crippen LogP contribution >= 0.6 is 11.8 Å². The molecule has 0 aromatic carbocycles. The van der Waals surface area contributed by atoms with E-state index in [1.807, 2.05) is 6.07 Å². The minimum atomic E-state index is -0.956.